The number of phenolic OH excluding ortho intramolecular Hbond substituents is 4. The fourth-order valence-corrected chi connectivity index (χ4v) is 15.1. The number of aryl methyl sites for hydroxylation is 2. The van der Waals surface area contributed by atoms with Crippen molar-refractivity contribution in [3.05, 3.63) is 192 Å². The number of benzene rings is 10. The summed E-state index contributed by atoms with van der Waals surface area (Å²) in [6.07, 6.45) is 16.2. The summed E-state index contributed by atoms with van der Waals surface area (Å²) in [6.45, 7) is 2.02. The number of fused-ring (bicyclic) bond motifs is 2. The predicted octanol–water partition coefficient (Wildman–Crippen LogP) is 11.2. The lowest BCUT2D eigenvalue weighted by Crippen LogP contribution is -2.11. The second-order valence-corrected chi connectivity index (χ2v) is 24.1. The molecule has 0 radical (unpaired) electrons. The van der Waals surface area contributed by atoms with Crippen LogP contribution in [-0.4, -0.2) is 65.0 Å². The molecule has 2 aliphatic carbocycles. The third-order valence-corrected chi connectivity index (χ3v) is 18.7. The van der Waals surface area contributed by atoms with Crippen molar-refractivity contribution in [1.82, 2.24) is 9.97 Å². The zero-order valence-corrected chi connectivity index (χ0v) is 50.3. The molecule has 0 bridgehead atoms. The molecule has 2 aliphatic rings. The molecule has 90 heavy (non-hydrogen) atoms. The molecule has 0 atom stereocenters. The van der Waals surface area contributed by atoms with Gasteiger partial charge >= 0.3 is 0 Å². The minimum Gasteiger partial charge on any atom is -0.507 e. The van der Waals surface area contributed by atoms with Gasteiger partial charge in [0, 0.05) is 67.6 Å². The van der Waals surface area contributed by atoms with E-state index >= 15 is 0 Å². The molecule has 8 N–H and O–H groups in total. The van der Waals surface area contributed by atoms with Gasteiger partial charge in [-0.2, -0.15) is 0 Å². The number of aliphatic hydroxyl groups is 4. The van der Waals surface area contributed by atoms with Gasteiger partial charge in [-0.05, 0) is 203 Å². The number of aromatic nitrogens is 2. The molecular weight excluding hydrogens is 1140 g/mol. The molecule has 2 heterocycles. The molecule has 16 nitrogen and oxygen atoms in total. The van der Waals surface area contributed by atoms with Gasteiger partial charge in [-0.1, -0.05) is 48.3 Å². The molecule has 2 aromatic heterocycles. The number of ether oxygens (including phenoxy) is 2. The van der Waals surface area contributed by atoms with Crippen molar-refractivity contribution in [2.24, 2.45) is 0 Å². The molecule has 0 unspecified atom stereocenters. The van der Waals surface area contributed by atoms with Gasteiger partial charge in [-0.3, -0.25) is 29.1 Å². The summed E-state index contributed by atoms with van der Waals surface area (Å²) in [5.74, 6) is -0.383. The Kier molecular flexibility index (Phi) is 15.5. The number of hydrogen-bond acceptors (Lipinski definition) is 16. The first-order valence-electron chi connectivity index (χ1n) is 30.4. The molecule has 0 fully saturated rings. The van der Waals surface area contributed by atoms with Crippen molar-refractivity contribution in [3.63, 3.8) is 0 Å². The first-order chi connectivity index (χ1) is 43.6. The van der Waals surface area contributed by atoms with Crippen LogP contribution in [0.5, 0.6) is 34.5 Å². The Morgan fingerprint density at radius 2 is 0.711 bits per heavy atom. The maximum Gasteiger partial charge on any atom is 0.190 e. The standard InChI is InChI=1S/2C37H33NO7/c2*1-18-12-23-22(10-5-3-4-8-21-9-6-7-11-38-21)35(43)31-25(41)14-19(16-39)27-28-20(17-40)15-26(42)32-34(28)30(29(23)33(27)31)24(13-18)37(45-2)36(32)44/h2*6-7,9,11-12,14-15,39-40,43-44H,3-5,8,10,13,16-17H2,1-2H3. The van der Waals surface area contributed by atoms with Crippen LogP contribution >= 0.6 is 0 Å². The average molecular weight is 1210 g/mol. The van der Waals surface area contributed by atoms with Crippen LogP contribution in [0.3, 0.4) is 0 Å². The van der Waals surface area contributed by atoms with E-state index in [0.717, 1.165) is 85.0 Å². The summed E-state index contributed by atoms with van der Waals surface area (Å²) in [5.41, 5.74) is 7.52. The van der Waals surface area contributed by atoms with Gasteiger partial charge in [0.1, 0.15) is 11.5 Å². The second kappa shape index (κ2) is 23.4. The Bertz CT molecular complexity index is 4920. The number of aliphatic hydroxyl groups excluding tert-OH is 4. The van der Waals surface area contributed by atoms with E-state index in [9.17, 15) is 60.0 Å². The molecule has 456 valence electrons. The molecule has 12 aromatic rings. The fourth-order valence-electron chi connectivity index (χ4n) is 15.1. The number of unbranched alkanes of at least 4 members (excludes halogenated alkanes) is 4. The van der Waals surface area contributed by atoms with E-state index in [1.165, 1.54) is 38.5 Å². The highest BCUT2D eigenvalue weighted by molar-refractivity contribution is 6.39. The minimum atomic E-state index is -0.477. The maximum atomic E-state index is 13.8. The normalized spacial score (nSPS) is 13.0. The number of allylic oxidation sites excluding steroid dienone is 2. The van der Waals surface area contributed by atoms with Crippen molar-refractivity contribution in [1.29, 1.82) is 0 Å². The SMILES string of the molecule is COc1c(O)c2c(=O)cc(CO)c3c4c(CO)cc(=O)c5c(O)c(CCCCCc6ccccn6)c6c(c(c1CC(C)=C6)c23)c54.COc1c(O)c2c(=O)cc(CO)c3c4c(CO)cc(=O)c5c(O)c(CCCCCc6ccccn6)c6c(c(c1CC(C)=C6)c23)c54. The fraction of sp³-hybridized carbons (Fsp3) is 0.270. The first kappa shape index (κ1) is 59.4. The van der Waals surface area contributed by atoms with Crippen molar-refractivity contribution in [3.8, 4) is 34.5 Å². The third kappa shape index (κ3) is 9.17. The summed E-state index contributed by atoms with van der Waals surface area (Å²) in [6, 6.07) is 17.0. The van der Waals surface area contributed by atoms with E-state index in [1.54, 1.807) is 12.4 Å². The van der Waals surface area contributed by atoms with Crippen LogP contribution in [0.4, 0.5) is 0 Å². The molecule has 0 saturated heterocycles. The number of methoxy groups -OCH3 is 2. The lowest BCUT2D eigenvalue weighted by atomic mass is 9.80. The lowest BCUT2D eigenvalue weighted by molar-refractivity contribution is 0.282. The van der Waals surface area contributed by atoms with Crippen molar-refractivity contribution < 1.29 is 50.3 Å². The van der Waals surface area contributed by atoms with Gasteiger partial charge in [0.05, 0.1) is 62.2 Å². The molecule has 16 heteroatoms. The van der Waals surface area contributed by atoms with Crippen molar-refractivity contribution in [2.45, 2.75) is 117 Å². The van der Waals surface area contributed by atoms with Gasteiger partial charge in [0.15, 0.2) is 44.7 Å². The Morgan fingerprint density at radius 3 is 1.02 bits per heavy atom. The van der Waals surface area contributed by atoms with Crippen LogP contribution in [0, 0.1) is 0 Å². The number of pyridine rings is 2. The highest BCUT2D eigenvalue weighted by Gasteiger charge is 2.35. The third-order valence-electron chi connectivity index (χ3n) is 18.7. The van der Waals surface area contributed by atoms with E-state index in [0.29, 0.717) is 135 Å². The first-order valence-corrected chi connectivity index (χ1v) is 30.4. The zero-order valence-electron chi connectivity index (χ0n) is 50.3. The van der Waals surface area contributed by atoms with Crippen molar-refractivity contribution in [2.75, 3.05) is 14.2 Å². The van der Waals surface area contributed by atoms with Crippen molar-refractivity contribution >= 4 is 98.3 Å². The summed E-state index contributed by atoms with van der Waals surface area (Å²) in [5, 5.41) is 95.5. The van der Waals surface area contributed by atoms with E-state index in [1.807, 2.05) is 62.4 Å². The van der Waals surface area contributed by atoms with Gasteiger partial charge in [-0.25, -0.2) is 0 Å². The summed E-state index contributed by atoms with van der Waals surface area (Å²) in [4.78, 5) is 63.4. The second-order valence-electron chi connectivity index (χ2n) is 24.1. The molecule has 0 saturated carbocycles. The topological polar surface area (TPSA) is 274 Å². The smallest absolute Gasteiger partial charge is 0.190 e. The van der Waals surface area contributed by atoms with Gasteiger partial charge < -0.3 is 50.3 Å². The van der Waals surface area contributed by atoms with E-state index in [-0.39, 0.29) is 56.0 Å². The Labute approximate surface area is 514 Å². The molecule has 0 aliphatic heterocycles. The van der Waals surface area contributed by atoms with Crippen LogP contribution in [0.15, 0.2) is 103 Å². The number of phenols is 4. The molecule has 0 spiro atoms. The predicted molar refractivity (Wildman–Crippen MR) is 352 cm³/mol. The van der Waals surface area contributed by atoms with Gasteiger partial charge in [-0.15, -0.1) is 0 Å². The van der Waals surface area contributed by atoms with E-state index in [4.69, 9.17) is 9.47 Å². The molecule has 10 aromatic carbocycles. The Balaban J connectivity index is 0.000000165. The summed E-state index contributed by atoms with van der Waals surface area (Å²) < 4.78 is 11.5. The number of aromatic hydroxyl groups is 4. The van der Waals surface area contributed by atoms with Crippen LogP contribution in [0.1, 0.15) is 119 Å². The van der Waals surface area contributed by atoms with E-state index in [2.05, 4.69) is 9.97 Å². The molecule has 0 amide bonds. The molecular formula is C74H66N2O14. The Morgan fingerprint density at radius 1 is 0.389 bits per heavy atom. The number of hydrogen-bond donors (Lipinski definition) is 8. The zero-order chi connectivity index (χ0) is 63.1. The highest BCUT2D eigenvalue weighted by atomic mass is 16.5. The van der Waals surface area contributed by atoms with Gasteiger partial charge in [0.2, 0.25) is 0 Å². The molecule has 14 rings (SSSR count). The summed E-state index contributed by atoms with van der Waals surface area (Å²) >= 11 is 0. The van der Waals surface area contributed by atoms with Crippen LogP contribution in [-0.2, 0) is 65.0 Å². The maximum absolute atomic E-state index is 13.8. The van der Waals surface area contributed by atoms with Crippen LogP contribution < -0.4 is 31.2 Å². The van der Waals surface area contributed by atoms with Gasteiger partial charge in [0.25, 0.3) is 0 Å². The minimum absolute atomic E-state index is 0.0568. The quantitative estimate of drug-likeness (QED) is 0.0225. The van der Waals surface area contributed by atoms with E-state index < -0.39 is 48.1 Å². The average Bonchev–Trinajstić information content (AvgIpc) is 1.04. The van der Waals surface area contributed by atoms with Crippen LogP contribution in [0.25, 0.3) is 98.3 Å². The van der Waals surface area contributed by atoms with Crippen LogP contribution in [0.2, 0.25) is 0 Å². The number of nitrogens with zero attached hydrogens (tertiary/aromatic N) is 2. The monoisotopic (exact) mass is 1210 g/mol. The summed E-state index contributed by atoms with van der Waals surface area (Å²) in [7, 11) is 2.89. The highest BCUT2D eigenvalue weighted by Crippen LogP contribution is 2.56. The Hall–Kier alpha value is -9.58. The lowest BCUT2D eigenvalue weighted by Gasteiger charge is -2.24. The number of rotatable bonds is 18. The largest absolute Gasteiger partial charge is 0.507 e.